The highest BCUT2D eigenvalue weighted by Gasteiger charge is 2.31. The first kappa shape index (κ1) is 15.2. The van der Waals surface area contributed by atoms with Crippen molar-refractivity contribution in [3.63, 3.8) is 0 Å². The fraction of sp³-hybridized carbons (Fsp3) is 0.600. The lowest BCUT2D eigenvalue weighted by atomic mass is 9.86. The van der Waals surface area contributed by atoms with Gasteiger partial charge in [0.2, 0.25) is 0 Å². The second-order valence-corrected chi connectivity index (χ2v) is 6.80. The summed E-state index contributed by atoms with van der Waals surface area (Å²) in [7, 11) is -0.0855. The second-order valence-electron chi connectivity index (χ2n) is 5.22. The van der Waals surface area contributed by atoms with E-state index < -0.39 is 16.0 Å². The van der Waals surface area contributed by atoms with E-state index in [1.807, 2.05) is 0 Å². The van der Waals surface area contributed by atoms with Gasteiger partial charge in [0, 0.05) is 6.20 Å². The molecular formula is C15H21NO3S. The van der Waals surface area contributed by atoms with Crippen LogP contribution < -0.4 is 0 Å². The molecule has 2 rings (SSSR count). The summed E-state index contributed by atoms with van der Waals surface area (Å²) in [6.45, 7) is 0. The predicted molar refractivity (Wildman–Crippen MR) is 77.6 cm³/mol. The van der Waals surface area contributed by atoms with Crippen LogP contribution in [0.2, 0.25) is 0 Å². The van der Waals surface area contributed by atoms with E-state index in [1.54, 1.807) is 24.4 Å². The first-order valence-corrected chi connectivity index (χ1v) is 8.33. The van der Waals surface area contributed by atoms with Crippen molar-refractivity contribution in [1.82, 2.24) is 4.98 Å². The first-order valence-electron chi connectivity index (χ1n) is 7.12. The summed E-state index contributed by atoms with van der Waals surface area (Å²) in [6, 6.07) is 5.26. The maximum Gasteiger partial charge on any atom is 0.321 e. The largest absolute Gasteiger partial charge is 0.468 e. The lowest BCUT2D eigenvalue weighted by molar-refractivity contribution is -0.140. The Kier molecular flexibility index (Phi) is 5.71. The summed E-state index contributed by atoms with van der Waals surface area (Å²) >= 11 is 0. The molecule has 1 aliphatic rings. The van der Waals surface area contributed by atoms with Gasteiger partial charge in [-0.05, 0) is 24.5 Å². The molecule has 0 aromatic carbocycles. The summed E-state index contributed by atoms with van der Waals surface area (Å²) in [5.41, 5.74) is 0. The summed E-state index contributed by atoms with van der Waals surface area (Å²) in [6.07, 6.45) is 8.14. The standard InChI is InChI=1S/C15H21NO3S/c1-19-15(17)13(11-12-7-3-2-4-8-12)20(18)14-9-5-6-10-16-14/h5-6,9-10,12-13H,2-4,7-8,11H2,1H3. The van der Waals surface area contributed by atoms with Crippen LogP contribution in [-0.2, 0) is 20.3 Å². The molecule has 0 bridgehead atoms. The fourth-order valence-corrected chi connectivity index (χ4v) is 4.13. The van der Waals surface area contributed by atoms with Gasteiger partial charge in [-0.1, -0.05) is 38.2 Å². The number of nitrogens with zero attached hydrogens (tertiary/aromatic N) is 1. The third-order valence-corrected chi connectivity index (χ3v) is 5.39. The van der Waals surface area contributed by atoms with Crippen LogP contribution in [0.5, 0.6) is 0 Å². The Morgan fingerprint density at radius 2 is 2.15 bits per heavy atom. The van der Waals surface area contributed by atoms with Crippen molar-refractivity contribution >= 4 is 16.8 Å². The molecule has 0 spiro atoms. The Labute approximate surface area is 122 Å². The number of hydrogen-bond acceptors (Lipinski definition) is 4. The van der Waals surface area contributed by atoms with Crippen LogP contribution >= 0.6 is 0 Å². The van der Waals surface area contributed by atoms with Gasteiger partial charge in [-0.25, -0.2) is 4.98 Å². The molecule has 0 amide bonds. The van der Waals surface area contributed by atoms with Crippen molar-refractivity contribution in [1.29, 1.82) is 0 Å². The average molecular weight is 295 g/mol. The van der Waals surface area contributed by atoms with Crippen LogP contribution in [0, 0.1) is 5.92 Å². The molecular weight excluding hydrogens is 274 g/mol. The highest BCUT2D eigenvalue weighted by atomic mass is 32.2. The molecule has 5 heteroatoms. The smallest absolute Gasteiger partial charge is 0.321 e. The van der Waals surface area contributed by atoms with Crippen molar-refractivity contribution in [2.45, 2.75) is 48.8 Å². The summed E-state index contributed by atoms with van der Waals surface area (Å²) < 4.78 is 17.4. The van der Waals surface area contributed by atoms with E-state index in [9.17, 15) is 9.00 Å². The number of rotatable bonds is 5. The number of carbonyl (C=O) groups is 1. The van der Waals surface area contributed by atoms with Gasteiger partial charge in [0.25, 0.3) is 0 Å². The minimum atomic E-state index is -1.44. The number of pyridine rings is 1. The van der Waals surface area contributed by atoms with Gasteiger partial charge in [0.05, 0.1) is 17.9 Å². The summed E-state index contributed by atoms with van der Waals surface area (Å²) in [4.78, 5) is 16.1. The Hall–Kier alpha value is -1.23. The summed E-state index contributed by atoms with van der Waals surface area (Å²) in [5, 5.41) is -0.142. The minimum Gasteiger partial charge on any atom is -0.468 e. The van der Waals surface area contributed by atoms with Crippen LogP contribution in [0.15, 0.2) is 29.4 Å². The highest BCUT2D eigenvalue weighted by molar-refractivity contribution is 7.86. The number of methoxy groups -OCH3 is 1. The number of ether oxygens (including phenoxy) is 1. The topological polar surface area (TPSA) is 56.3 Å². The zero-order valence-corrected chi connectivity index (χ0v) is 12.6. The molecule has 0 saturated heterocycles. The van der Waals surface area contributed by atoms with Crippen LogP contribution in [0.3, 0.4) is 0 Å². The van der Waals surface area contributed by atoms with E-state index in [0.717, 1.165) is 12.8 Å². The lowest BCUT2D eigenvalue weighted by Gasteiger charge is -2.24. The zero-order chi connectivity index (χ0) is 14.4. The van der Waals surface area contributed by atoms with Crippen LogP contribution in [-0.4, -0.2) is 27.5 Å². The molecule has 2 unspecified atom stereocenters. The van der Waals surface area contributed by atoms with Crippen LogP contribution in [0.1, 0.15) is 38.5 Å². The minimum absolute atomic E-state index is 0.389. The van der Waals surface area contributed by atoms with E-state index in [0.29, 0.717) is 17.4 Å². The Balaban J connectivity index is 2.10. The molecule has 1 fully saturated rings. The van der Waals surface area contributed by atoms with Crippen molar-refractivity contribution in [2.75, 3.05) is 7.11 Å². The summed E-state index contributed by atoms with van der Waals surface area (Å²) in [5.74, 6) is 0.0834. The van der Waals surface area contributed by atoms with Gasteiger partial charge in [-0.15, -0.1) is 0 Å². The Bertz CT molecular complexity index is 457. The number of carbonyl (C=O) groups excluding carboxylic acids is 1. The van der Waals surface area contributed by atoms with E-state index in [1.165, 1.54) is 26.4 Å². The molecule has 0 radical (unpaired) electrons. The van der Waals surface area contributed by atoms with Crippen molar-refractivity contribution in [3.8, 4) is 0 Å². The van der Waals surface area contributed by atoms with Gasteiger partial charge in [-0.3, -0.25) is 9.00 Å². The van der Waals surface area contributed by atoms with Gasteiger partial charge in [0.15, 0.2) is 0 Å². The molecule has 1 aliphatic carbocycles. The van der Waals surface area contributed by atoms with Gasteiger partial charge >= 0.3 is 5.97 Å². The predicted octanol–water partition coefficient (Wildman–Crippen LogP) is 2.70. The molecule has 1 aromatic rings. The quantitative estimate of drug-likeness (QED) is 0.784. The van der Waals surface area contributed by atoms with Crippen LogP contribution in [0.25, 0.3) is 0 Å². The molecule has 0 aliphatic heterocycles. The molecule has 1 saturated carbocycles. The number of hydrogen-bond donors (Lipinski definition) is 0. The van der Waals surface area contributed by atoms with E-state index in [4.69, 9.17) is 4.74 Å². The lowest BCUT2D eigenvalue weighted by Crippen LogP contribution is -2.30. The zero-order valence-electron chi connectivity index (χ0n) is 11.8. The molecule has 1 aromatic heterocycles. The second kappa shape index (κ2) is 7.53. The van der Waals surface area contributed by atoms with Gasteiger partial charge in [-0.2, -0.15) is 0 Å². The molecule has 4 nitrogen and oxygen atoms in total. The molecule has 0 N–H and O–H groups in total. The van der Waals surface area contributed by atoms with Gasteiger partial charge in [0.1, 0.15) is 10.3 Å². The third-order valence-electron chi connectivity index (χ3n) is 3.84. The third kappa shape index (κ3) is 3.88. The Morgan fingerprint density at radius 1 is 1.40 bits per heavy atom. The SMILES string of the molecule is COC(=O)C(CC1CCCCC1)S(=O)c1ccccn1. The first-order chi connectivity index (χ1) is 9.72. The maximum absolute atomic E-state index is 12.6. The molecule has 2 atom stereocenters. The highest BCUT2D eigenvalue weighted by Crippen LogP contribution is 2.29. The van der Waals surface area contributed by atoms with Crippen molar-refractivity contribution in [2.24, 2.45) is 5.92 Å². The maximum atomic E-state index is 12.6. The molecule has 20 heavy (non-hydrogen) atoms. The number of esters is 1. The van der Waals surface area contributed by atoms with Crippen molar-refractivity contribution < 1.29 is 13.7 Å². The van der Waals surface area contributed by atoms with Crippen LogP contribution in [0.4, 0.5) is 0 Å². The average Bonchev–Trinajstić information content (AvgIpc) is 2.53. The molecule has 110 valence electrons. The van der Waals surface area contributed by atoms with Crippen molar-refractivity contribution in [3.05, 3.63) is 24.4 Å². The normalized spacial score (nSPS) is 19.2. The number of aromatic nitrogens is 1. The molecule has 1 heterocycles. The van der Waals surface area contributed by atoms with E-state index >= 15 is 0 Å². The van der Waals surface area contributed by atoms with E-state index in [2.05, 4.69) is 4.98 Å². The van der Waals surface area contributed by atoms with Gasteiger partial charge < -0.3 is 4.74 Å². The fourth-order valence-electron chi connectivity index (χ4n) is 2.74. The Morgan fingerprint density at radius 3 is 2.75 bits per heavy atom. The monoisotopic (exact) mass is 295 g/mol. The van der Waals surface area contributed by atoms with E-state index in [-0.39, 0.29) is 5.97 Å².